The Hall–Kier alpha value is -2.49. The molecule has 1 saturated heterocycles. The Morgan fingerprint density at radius 2 is 1.76 bits per heavy atom. The van der Waals surface area contributed by atoms with Crippen molar-refractivity contribution >= 4 is 69.2 Å². The van der Waals surface area contributed by atoms with E-state index in [1.54, 1.807) is 6.08 Å². The van der Waals surface area contributed by atoms with Crippen molar-refractivity contribution < 1.29 is 24.6 Å². The lowest BCUT2D eigenvalue weighted by Gasteiger charge is -2.16. The van der Waals surface area contributed by atoms with Crippen LogP contribution in [0.4, 0.5) is 5.69 Å². The van der Waals surface area contributed by atoms with Crippen LogP contribution in [0.5, 0.6) is 0 Å². The van der Waals surface area contributed by atoms with Crippen molar-refractivity contribution in [2.75, 3.05) is 4.90 Å². The number of anilines is 1. The van der Waals surface area contributed by atoms with E-state index in [1.807, 2.05) is 17.5 Å². The molecule has 2 aromatic rings. The normalized spacial score (nSPS) is 15.8. The third-order valence-corrected chi connectivity index (χ3v) is 5.40. The number of hydrogen-bond donors (Lipinski definition) is 2. The molecule has 0 aliphatic carbocycles. The smallest absolute Gasteiger partial charge is 0.335 e. The fourth-order valence-corrected chi connectivity index (χ4v) is 4.20. The van der Waals surface area contributed by atoms with E-state index in [1.165, 1.54) is 23.5 Å². The molecule has 1 aromatic heterocycles. The van der Waals surface area contributed by atoms with Crippen LogP contribution >= 0.6 is 35.3 Å². The standard InChI is InChI=1S/C16H9NO5S3/c18-13-12(7-11-2-1-3-24-11)25-16(23)17(13)10-5-8(14(19)20)4-9(6-10)15(21)22/h1-7H,(H,19,20)(H,21,22)/b12-7+. The summed E-state index contributed by atoms with van der Waals surface area (Å²) in [5.41, 5.74) is -0.341. The van der Waals surface area contributed by atoms with Crippen LogP contribution in [0.2, 0.25) is 0 Å². The lowest BCUT2D eigenvalue weighted by Crippen LogP contribution is -2.28. The Morgan fingerprint density at radius 3 is 2.28 bits per heavy atom. The number of nitrogens with zero attached hydrogens (tertiary/aromatic N) is 1. The van der Waals surface area contributed by atoms with Crippen molar-refractivity contribution in [2.45, 2.75) is 0 Å². The zero-order chi connectivity index (χ0) is 18.1. The number of thiocarbonyl (C=S) groups is 1. The van der Waals surface area contributed by atoms with Gasteiger partial charge in [-0.1, -0.05) is 30.0 Å². The Balaban J connectivity index is 2.04. The monoisotopic (exact) mass is 391 g/mol. The van der Waals surface area contributed by atoms with Crippen LogP contribution in [-0.2, 0) is 4.79 Å². The molecule has 6 nitrogen and oxygen atoms in total. The summed E-state index contributed by atoms with van der Waals surface area (Å²) in [6.45, 7) is 0. The zero-order valence-electron chi connectivity index (χ0n) is 12.3. The fraction of sp³-hybridized carbons (Fsp3) is 0. The predicted octanol–water partition coefficient (Wildman–Crippen LogP) is 3.55. The van der Waals surface area contributed by atoms with Crippen LogP contribution in [0.15, 0.2) is 40.6 Å². The zero-order valence-corrected chi connectivity index (χ0v) is 14.8. The van der Waals surface area contributed by atoms with E-state index in [4.69, 9.17) is 22.4 Å². The van der Waals surface area contributed by atoms with Crippen molar-refractivity contribution in [3.8, 4) is 0 Å². The second kappa shape index (κ2) is 6.79. The summed E-state index contributed by atoms with van der Waals surface area (Å²) < 4.78 is 0.215. The van der Waals surface area contributed by atoms with Crippen molar-refractivity contribution in [3.63, 3.8) is 0 Å². The lowest BCUT2D eigenvalue weighted by molar-refractivity contribution is -0.113. The number of rotatable bonds is 4. The van der Waals surface area contributed by atoms with E-state index in [-0.39, 0.29) is 21.1 Å². The minimum atomic E-state index is -1.29. The molecule has 9 heteroatoms. The molecule has 0 bridgehead atoms. The SMILES string of the molecule is O=C(O)c1cc(C(=O)O)cc(N2C(=O)/C(=C\c3cccs3)SC2=S)c1. The maximum absolute atomic E-state index is 12.7. The number of benzene rings is 1. The molecule has 1 aromatic carbocycles. The summed E-state index contributed by atoms with van der Waals surface area (Å²) in [7, 11) is 0. The minimum absolute atomic E-state index is 0.120. The summed E-state index contributed by atoms with van der Waals surface area (Å²) in [5.74, 6) is -2.99. The summed E-state index contributed by atoms with van der Waals surface area (Å²) >= 11 is 7.77. The molecular weight excluding hydrogens is 382 g/mol. The van der Waals surface area contributed by atoms with E-state index in [0.717, 1.165) is 27.6 Å². The molecule has 0 unspecified atom stereocenters. The first-order valence-corrected chi connectivity index (χ1v) is 8.90. The molecule has 2 N–H and O–H groups in total. The number of carboxylic acids is 2. The number of aromatic carboxylic acids is 2. The number of carbonyl (C=O) groups is 3. The number of thiophene rings is 1. The molecule has 1 aliphatic rings. The summed E-state index contributed by atoms with van der Waals surface area (Å²) in [4.78, 5) is 37.6. The molecule has 0 saturated carbocycles. The van der Waals surface area contributed by atoms with Gasteiger partial charge in [-0.2, -0.15) is 0 Å². The van der Waals surface area contributed by atoms with Crippen molar-refractivity contribution in [3.05, 3.63) is 56.6 Å². The van der Waals surface area contributed by atoms with Gasteiger partial charge in [0.05, 0.1) is 21.7 Å². The molecule has 0 atom stereocenters. The third-order valence-electron chi connectivity index (χ3n) is 3.28. The average Bonchev–Trinajstić information content (AvgIpc) is 3.16. The van der Waals surface area contributed by atoms with Gasteiger partial charge in [-0.25, -0.2) is 9.59 Å². The maximum atomic E-state index is 12.7. The van der Waals surface area contributed by atoms with Gasteiger partial charge in [-0.3, -0.25) is 9.69 Å². The van der Waals surface area contributed by atoms with Gasteiger partial charge in [0.25, 0.3) is 5.91 Å². The Kier molecular flexibility index (Phi) is 4.71. The number of amides is 1. The first kappa shape index (κ1) is 17.3. The van der Waals surface area contributed by atoms with Gasteiger partial charge < -0.3 is 10.2 Å². The molecule has 25 heavy (non-hydrogen) atoms. The van der Waals surface area contributed by atoms with Gasteiger partial charge in [0, 0.05) is 4.88 Å². The van der Waals surface area contributed by atoms with Crippen LogP contribution in [0.25, 0.3) is 6.08 Å². The van der Waals surface area contributed by atoms with Gasteiger partial charge in [0.2, 0.25) is 0 Å². The molecule has 126 valence electrons. The molecule has 2 heterocycles. The molecular formula is C16H9NO5S3. The maximum Gasteiger partial charge on any atom is 0.335 e. The minimum Gasteiger partial charge on any atom is -0.478 e. The van der Waals surface area contributed by atoms with Crippen molar-refractivity contribution in [1.82, 2.24) is 0 Å². The highest BCUT2D eigenvalue weighted by Gasteiger charge is 2.34. The van der Waals surface area contributed by atoms with Crippen LogP contribution in [-0.4, -0.2) is 32.4 Å². The molecule has 1 aliphatic heterocycles. The first-order valence-electron chi connectivity index (χ1n) is 6.80. The number of carboxylic acid groups (broad SMARTS) is 2. The van der Waals surface area contributed by atoms with Crippen LogP contribution in [0.3, 0.4) is 0 Å². The topological polar surface area (TPSA) is 94.9 Å². The summed E-state index contributed by atoms with van der Waals surface area (Å²) in [6, 6.07) is 7.20. The van der Waals surface area contributed by atoms with Gasteiger partial charge in [0.15, 0.2) is 4.32 Å². The Labute approximate surface area is 155 Å². The highest BCUT2D eigenvalue weighted by Crippen LogP contribution is 2.37. The molecule has 1 fully saturated rings. The van der Waals surface area contributed by atoms with Gasteiger partial charge in [0.1, 0.15) is 0 Å². The number of carbonyl (C=O) groups excluding carboxylic acids is 1. The third kappa shape index (κ3) is 3.48. The van der Waals surface area contributed by atoms with Crippen molar-refractivity contribution in [1.29, 1.82) is 0 Å². The molecule has 1 amide bonds. The van der Waals surface area contributed by atoms with E-state index < -0.39 is 17.8 Å². The molecule has 0 spiro atoms. The van der Waals surface area contributed by atoms with E-state index in [0.29, 0.717) is 4.91 Å². The van der Waals surface area contributed by atoms with Gasteiger partial charge in [-0.15, -0.1) is 11.3 Å². The first-order chi connectivity index (χ1) is 11.9. The second-order valence-electron chi connectivity index (χ2n) is 4.91. The van der Waals surface area contributed by atoms with E-state index >= 15 is 0 Å². The highest BCUT2D eigenvalue weighted by atomic mass is 32.2. The van der Waals surface area contributed by atoms with Crippen LogP contribution in [0.1, 0.15) is 25.6 Å². The lowest BCUT2D eigenvalue weighted by atomic mass is 10.1. The van der Waals surface area contributed by atoms with Gasteiger partial charge in [-0.05, 0) is 35.7 Å². The second-order valence-corrected chi connectivity index (χ2v) is 7.57. The fourth-order valence-electron chi connectivity index (χ4n) is 2.18. The summed E-state index contributed by atoms with van der Waals surface area (Å²) in [5, 5.41) is 20.2. The van der Waals surface area contributed by atoms with Gasteiger partial charge >= 0.3 is 11.9 Å². The Morgan fingerprint density at radius 1 is 1.12 bits per heavy atom. The summed E-state index contributed by atoms with van der Waals surface area (Å²) in [6.07, 6.45) is 1.70. The van der Waals surface area contributed by atoms with E-state index in [2.05, 4.69) is 0 Å². The molecule has 0 radical (unpaired) electrons. The largest absolute Gasteiger partial charge is 0.478 e. The number of thioether (sulfide) groups is 1. The average molecular weight is 391 g/mol. The highest BCUT2D eigenvalue weighted by molar-refractivity contribution is 8.27. The van der Waals surface area contributed by atoms with Crippen LogP contribution in [0, 0.1) is 0 Å². The van der Waals surface area contributed by atoms with E-state index in [9.17, 15) is 14.4 Å². The predicted molar refractivity (Wildman–Crippen MR) is 100 cm³/mol. The quantitative estimate of drug-likeness (QED) is 0.608. The Bertz CT molecular complexity index is 901. The van der Waals surface area contributed by atoms with Crippen molar-refractivity contribution in [2.24, 2.45) is 0 Å². The molecule has 3 rings (SSSR count). The van der Waals surface area contributed by atoms with Crippen LogP contribution < -0.4 is 4.90 Å². The number of hydrogen-bond acceptors (Lipinski definition) is 6.